The molecule has 0 saturated heterocycles. The van der Waals surface area contributed by atoms with E-state index in [1.165, 1.54) is 16.8 Å². The highest BCUT2D eigenvalue weighted by molar-refractivity contribution is 6.30. The summed E-state index contributed by atoms with van der Waals surface area (Å²) in [6, 6.07) is 12.2. The second-order valence-electron chi connectivity index (χ2n) is 5.05. The van der Waals surface area contributed by atoms with Crippen molar-refractivity contribution in [3.63, 3.8) is 0 Å². The van der Waals surface area contributed by atoms with Gasteiger partial charge in [-0.15, -0.1) is 0 Å². The molecule has 0 bridgehead atoms. The lowest BCUT2D eigenvalue weighted by Gasteiger charge is -2.21. The summed E-state index contributed by atoms with van der Waals surface area (Å²) in [5.41, 5.74) is 11.6. The van der Waals surface area contributed by atoms with E-state index in [9.17, 15) is 0 Å². The van der Waals surface area contributed by atoms with Gasteiger partial charge in [0.15, 0.2) is 0 Å². The number of hydrogen-bond acceptors (Lipinski definition) is 2. The average molecular weight is 275 g/mol. The SMILES string of the molecule is Cc1cc(C)cc(N(C)Cc2ccc(Cl)cc2N)c1. The van der Waals surface area contributed by atoms with Gasteiger partial charge in [-0.3, -0.25) is 0 Å². The summed E-state index contributed by atoms with van der Waals surface area (Å²) in [6.07, 6.45) is 0. The number of nitrogens with zero attached hydrogens (tertiary/aromatic N) is 1. The first-order valence-electron chi connectivity index (χ1n) is 6.29. The van der Waals surface area contributed by atoms with Crippen molar-refractivity contribution in [3.8, 4) is 0 Å². The van der Waals surface area contributed by atoms with E-state index in [0.29, 0.717) is 5.02 Å². The van der Waals surface area contributed by atoms with Crippen LogP contribution in [0.5, 0.6) is 0 Å². The van der Waals surface area contributed by atoms with Crippen LogP contribution in [0.25, 0.3) is 0 Å². The number of aryl methyl sites for hydroxylation is 2. The fraction of sp³-hybridized carbons (Fsp3) is 0.250. The van der Waals surface area contributed by atoms with Crippen LogP contribution in [0.1, 0.15) is 16.7 Å². The summed E-state index contributed by atoms with van der Waals surface area (Å²) in [5.74, 6) is 0. The Bertz CT molecular complexity index is 573. The van der Waals surface area contributed by atoms with Crippen molar-refractivity contribution in [1.29, 1.82) is 0 Å². The molecule has 100 valence electrons. The molecule has 0 aromatic heterocycles. The Morgan fingerprint density at radius 3 is 2.26 bits per heavy atom. The first-order valence-corrected chi connectivity index (χ1v) is 6.67. The number of anilines is 2. The maximum atomic E-state index is 6.00. The van der Waals surface area contributed by atoms with Gasteiger partial charge in [-0.2, -0.15) is 0 Å². The van der Waals surface area contributed by atoms with E-state index < -0.39 is 0 Å². The molecule has 0 aliphatic heterocycles. The Kier molecular flexibility index (Phi) is 4.01. The van der Waals surface area contributed by atoms with E-state index in [2.05, 4.69) is 44.0 Å². The number of nitrogen functional groups attached to an aromatic ring is 1. The zero-order chi connectivity index (χ0) is 14.0. The van der Waals surface area contributed by atoms with E-state index in [1.807, 2.05) is 12.1 Å². The molecular formula is C16H19ClN2. The van der Waals surface area contributed by atoms with Gasteiger partial charge in [0.1, 0.15) is 0 Å². The maximum absolute atomic E-state index is 6.00. The zero-order valence-corrected chi connectivity index (χ0v) is 12.3. The molecule has 0 aliphatic rings. The third-order valence-corrected chi connectivity index (χ3v) is 3.40. The Balaban J connectivity index is 2.22. The van der Waals surface area contributed by atoms with Crippen molar-refractivity contribution in [3.05, 3.63) is 58.1 Å². The molecular weight excluding hydrogens is 256 g/mol. The maximum Gasteiger partial charge on any atom is 0.0446 e. The van der Waals surface area contributed by atoms with Crippen molar-refractivity contribution in [2.24, 2.45) is 0 Å². The summed E-state index contributed by atoms with van der Waals surface area (Å²) in [6.45, 7) is 4.99. The lowest BCUT2D eigenvalue weighted by atomic mass is 10.1. The Morgan fingerprint density at radius 2 is 1.68 bits per heavy atom. The minimum atomic E-state index is 0.676. The van der Waals surface area contributed by atoms with Crippen LogP contribution in [0.15, 0.2) is 36.4 Å². The van der Waals surface area contributed by atoms with Crippen molar-refractivity contribution in [2.75, 3.05) is 17.7 Å². The average Bonchev–Trinajstić information content (AvgIpc) is 2.31. The van der Waals surface area contributed by atoms with Crippen LogP contribution < -0.4 is 10.6 Å². The molecule has 2 aromatic carbocycles. The van der Waals surface area contributed by atoms with Gasteiger partial charge < -0.3 is 10.6 Å². The number of rotatable bonds is 3. The van der Waals surface area contributed by atoms with Gasteiger partial charge in [-0.05, 0) is 54.8 Å². The highest BCUT2D eigenvalue weighted by Gasteiger charge is 2.06. The lowest BCUT2D eigenvalue weighted by Crippen LogP contribution is -2.17. The molecule has 0 unspecified atom stereocenters. The van der Waals surface area contributed by atoms with Gasteiger partial charge in [0.05, 0.1) is 0 Å². The molecule has 2 rings (SSSR count). The summed E-state index contributed by atoms with van der Waals surface area (Å²) in [5, 5.41) is 0.676. The van der Waals surface area contributed by atoms with Crippen LogP contribution in [-0.2, 0) is 6.54 Å². The molecule has 0 spiro atoms. The Morgan fingerprint density at radius 1 is 1.05 bits per heavy atom. The first kappa shape index (κ1) is 13.8. The van der Waals surface area contributed by atoms with E-state index in [1.54, 1.807) is 6.07 Å². The molecule has 2 N–H and O–H groups in total. The largest absolute Gasteiger partial charge is 0.398 e. The van der Waals surface area contributed by atoms with Crippen LogP contribution in [0.2, 0.25) is 5.02 Å². The molecule has 0 amide bonds. The quantitative estimate of drug-likeness (QED) is 0.851. The summed E-state index contributed by atoms with van der Waals surface area (Å²) < 4.78 is 0. The first-order chi connectivity index (χ1) is 8.95. The monoisotopic (exact) mass is 274 g/mol. The van der Waals surface area contributed by atoms with Crippen LogP contribution in [-0.4, -0.2) is 7.05 Å². The third kappa shape index (κ3) is 3.42. The molecule has 0 saturated carbocycles. The topological polar surface area (TPSA) is 29.3 Å². The Hall–Kier alpha value is -1.67. The van der Waals surface area contributed by atoms with Crippen molar-refractivity contribution in [1.82, 2.24) is 0 Å². The van der Waals surface area contributed by atoms with Gasteiger partial charge in [0, 0.05) is 30.0 Å². The Labute approximate surface area is 119 Å². The summed E-state index contributed by atoms with van der Waals surface area (Å²) in [4.78, 5) is 2.19. The molecule has 2 aromatic rings. The number of benzene rings is 2. The van der Waals surface area contributed by atoms with Gasteiger partial charge in [0.2, 0.25) is 0 Å². The van der Waals surface area contributed by atoms with Crippen LogP contribution >= 0.6 is 11.6 Å². The van der Waals surface area contributed by atoms with E-state index in [4.69, 9.17) is 17.3 Å². The zero-order valence-electron chi connectivity index (χ0n) is 11.6. The predicted octanol–water partition coefficient (Wildman–Crippen LogP) is 4.18. The molecule has 0 fully saturated rings. The molecule has 0 heterocycles. The second-order valence-corrected chi connectivity index (χ2v) is 5.48. The highest BCUT2D eigenvalue weighted by atomic mass is 35.5. The summed E-state index contributed by atoms with van der Waals surface area (Å²) >= 11 is 5.92. The van der Waals surface area contributed by atoms with Gasteiger partial charge in [-0.1, -0.05) is 23.7 Å². The third-order valence-electron chi connectivity index (χ3n) is 3.16. The predicted molar refractivity (Wildman–Crippen MR) is 83.9 cm³/mol. The van der Waals surface area contributed by atoms with Crippen molar-refractivity contribution < 1.29 is 0 Å². The molecule has 0 aliphatic carbocycles. The fourth-order valence-electron chi connectivity index (χ4n) is 2.23. The molecule has 19 heavy (non-hydrogen) atoms. The highest BCUT2D eigenvalue weighted by Crippen LogP contribution is 2.23. The minimum absolute atomic E-state index is 0.676. The molecule has 0 radical (unpaired) electrons. The van der Waals surface area contributed by atoms with E-state index in [0.717, 1.165) is 17.8 Å². The smallest absolute Gasteiger partial charge is 0.0446 e. The van der Waals surface area contributed by atoms with Crippen molar-refractivity contribution >= 4 is 23.0 Å². The molecule has 3 heteroatoms. The van der Waals surface area contributed by atoms with E-state index >= 15 is 0 Å². The van der Waals surface area contributed by atoms with Crippen molar-refractivity contribution in [2.45, 2.75) is 20.4 Å². The summed E-state index contributed by atoms with van der Waals surface area (Å²) in [7, 11) is 2.07. The minimum Gasteiger partial charge on any atom is -0.398 e. The van der Waals surface area contributed by atoms with Crippen LogP contribution in [0.4, 0.5) is 11.4 Å². The second kappa shape index (κ2) is 5.54. The normalized spacial score (nSPS) is 10.5. The fourth-order valence-corrected chi connectivity index (χ4v) is 2.41. The van der Waals surface area contributed by atoms with Gasteiger partial charge in [0.25, 0.3) is 0 Å². The van der Waals surface area contributed by atoms with Gasteiger partial charge in [-0.25, -0.2) is 0 Å². The number of halogens is 1. The van der Waals surface area contributed by atoms with Crippen LogP contribution in [0.3, 0.4) is 0 Å². The molecule has 0 atom stereocenters. The molecule has 2 nitrogen and oxygen atoms in total. The van der Waals surface area contributed by atoms with E-state index in [-0.39, 0.29) is 0 Å². The number of nitrogens with two attached hydrogens (primary N) is 1. The number of hydrogen-bond donors (Lipinski definition) is 1. The van der Waals surface area contributed by atoms with Crippen LogP contribution in [0, 0.1) is 13.8 Å². The lowest BCUT2D eigenvalue weighted by molar-refractivity contribution is 0.923. The standard InChI is InChI=1S/C16H19ClN2/c1-11-6-12(2)8-15(7-11)19(3)10-13-4-5-14(17)9-16(13)18/h4-9H,10,18H2,1-3H3. The van der Waals surface area contributed by atoms with Gasteiger partial charge >= 0.3 is 0 Å².